The molecule has 0 aliphatic heterocycles. The topological polar surface area (TPSA) is 82.1 Å². The fourth-order valence-electron chi connectivity index (χ4n) is 3.45. The van der Waals surface area contributed by atoms with Crippen LogP contribution in [0.15, 0.2) is 0 Å². The molecule has 0 rings (SSSR count). The van der Waals surface area contributed by atoms with Crippen LogP contribution in [0.4, 0.5) is 0 Å². The Morgan fingerprint density at radius 3 is 1.35 bits per heavy atom. The second-order valence-electron chi connectivity index (χ2n) is 8.73. The van der Waals surface area contributed by atoms with Crippen molar-refractivity contribution in [1.29, 1.82) is 0 Å². The summed E-state index contributed by atoms with van der Waals surface area (Å²) >= 11 is 0. The maximum absolute atomic E-state index is 13.4. The summed E-state index contributed by atoms with van der Waals surface area (Å²) in [6.45, 7) is 11.7. The molecule has 0 spiro atoms. The fraction of sp³-hybridized carbons (Fsp3) is 0.958. The molecule has 0 aromatic carbocycles. The van der Waals surface area contributed by atoms with Crippen molar-refractivity contribution in [3.63, 3.8) is 0 Å². The average molecular weight is 465 g/mol. The van der Waals surface area contributed by atoms with Crippen LogP contribution in [0, 0.1) is 17.8 Å². The van der Waals surface area contributed by atoms with Crippen LogP contribution in [0.2, 0.25) is 0 Å². The average Bonchev–Trinajstić information content (AvgIpc) is 2.76. The van der Waals surface area contributed by atoms with Crippen molar-refractivity contribution in [1.82, 2.24) is 0 Å². The van der Waals surface area contributed by atoms with Crippen LogP contribution in [-0.4, -0.2) is 30.9 Å². The zero-order chi connectivity index (χ0) is 23.5. The van der Waals surface area contributed by atoms with Crippen molar-refractivity contribution in [2.24, 2.45) is 17.8 Å². The first kappa shape index (κ1) is 30.6. The molecule has 0 saturated heterocycles. The van der Waals surface area contributed by atoms with Gasteiger partial charge in [-0.05, 0) is 43.4 Å². The van der Waals surface area contributed by atoms with E-state index in [1.807, 2.05) is 6.92 Å². The monoisotopic (exact) mass is 464 g/mol. The van der Waals surface area contributed by atoms with E-state index in [1.54, 1.807) is 0 Å². The molecule has 7 heteroatoms. The predicted molar refractivity (Wildman–Crippen MR) is 127 cm³/mol. The molecule has 0 aliphatic rings. The lowest BCUT2D eigenvalue weighted by molar-refractivity contribution is -0.137. The second-order valence-corrected chi connectivity index (χ2v) is 10.4. The van der Waals surface area contributed by atoms with Gasteiger partial charge in [0.05, 0.1) is 19.8 Å². The number of hydrogen-bond donors (Lipinski definition) is 1. The zero-order valence-corrected chi connectivity index (χ0v) is 21.7. The van der Waals surface area contributed by atoms with Gasteiger partial charge in [-0.25, -0.2) is 4.57 Å². The first-order valence-corrected chi connectivity index (χ1v) is 14.0. The summed E-state index contributed by atoms with van der Waals surface area (Å²) in [5.74, 6) is 0.0487. The third-order valence-electron chi connectivity index (χ3n) is 6.07. The minimum absolute atomic E-state index is 0.143. The van der Waals surface area contributed by atoms with Crippen LogP contribution >= 0.6 is 7.82 Å². The summed E-state index contributed by atoms with van der Waals surface area (Å²) in [4.78, 5) is 10.8. The Morgan fingerprint density at radius 2 is 1.06 bits per heavy atom. The molecular formula is C24H49O6P. The van der Waals surface area contributed by atoms with Crippen molar-refractivity contribution in [3.8, 4) is 0 Å². The van der Waals surface area contributed by atoms with Gasteiger partial charge in [-0.3, -0.25) is 18.4 Å². The van der Waals surface area contributed by atoms with E-state index in [1.165, 1.54) is 0 Å². The lowest BCUT2D eigenvalue weighted by atomic mass is 10.0. The van der Waals surface area contributed by atoms with E-state index >= 15 is 0 Å². The highest BCUT2D eigenvalue weighted by atomic mass is 31.2. The van der Waals surface area contributed by atoms with E-state index in [0.29, 0.717) is 31.5 Å². The second kappa shape index (κ2) is 19.1. The highest BCUT2D eigenvalue weighted by Crippen LogP contribution is 2.51. The van der Waals surface area contributed by atoms with Crippen LogP contribution < -0.4 is 0 Å². The Balaban J connectivity index is 4.96. The molecule has 0 aromatic heterocycles. The highest BCUT2D eigenvalue weighted by molar-refractivity contribution is 7.48. The molecule has 0 fully saturated rings. The number of phosphoric acid groups is 1. The highest BCUT2D eigenvalue weighted by Gasteiger charge is 2.30. The Hall–Kier alpha value is -0.420. The summed E-state index contributed by atoms with van der Waals surface area (Å²) in [6.07, 6.45) is 10.9. The number of unbranched alkanes of at least 4 members (excludes halogenated alkanes) is 2. The van der Waals surface area contributed by atoms with Crippen LogP contribution in [0.3, 0.4) is 0 Å². The van der Waals surface area contributed by atoms with Crippen molar-refractivity contribution >= 4 is 13.8 Å². The number of carboxylic acids is 1. The molecule has 6 nitrogen and oxygen atoms in total. The van der Waals surface area contributed by atoms with E-state index in [9.17, 15) is 9.36 Å². The summed E-state index contributed by atoms with van der Waals surface area (Å²) < 4.78 is 30.9. The van der Waals surface area contributed by atoms with Gasteiger partial charge in [0.25, 0.3) is 0 Å². The van der Waals surface area contributed by atoms with Crippen molar-refractivity contribution in [2.75, 3.05) is 19.8 Å². The number of carbonyl (C=O) groups is 1. The van der Waals surface area contributed by atoms with Crippen molar-refractivity contribution in [2.45, 2.75) is 112 Å². The van der Waals surface area contributed by atoms with Gasteiger partial charge in [0.1, 0.15) is 0 Å². The maximum Gasteiger partial charge on any atom is 0.474 e. The molecule has 0 saturated carbocycles. The van der Waals surface area contributed by atoms with Crippen LogP contribution in [0.25, 0.3) is 0 Å². The molecule has 31 heavy (non-hydrogen) atoms. The molecule has 0 heterocycles. The quantitative estimate of drug-likeness (QED) is 0.164. The first-order valence-electron chi connectivity index (χ1n) is 12.6. The van der Waals surface area contributed by atoms with Crippen LogP contribution in [-0.2, 0) is 22.9 Å². The summed E-state index contributed by atoms with van der Waals surface area (Å²) in [5.41, 5.74) is 0. The lowest BCUT2D eigenvalue weighted by Gasteiger charge is -2.25. The number of carboxylic acid groups (broad SMARTS) is 1. The zero-order valence-electron chi connectivity index (χ0n) is 20.8. The predicted octanol–water partition coefficient (Wildman–Crippen LogP) is 7.86. The Bertz CT molecular complexity index is 461. The third-order valence-corrected chi connectivity index (χ3v) is 7.47. The third kappa shape index (κ3) is 15.9. The van der Waals surface area contributed by atoms with Gasteiger partial charge in [0, 0.05) is 6.42 Å². The molecule has 1 N–H and O–H groups in total. The summed E-state index contributed by atoms with van der Waals surface area (Å²) in [7, 11) is -3.65. The fourth-order valence-corrected chi connectivity index (χ4v) is 4.85. The van der Waals surface area contributed by atoms with E-state index in [4.69, 9.17) is 18.7 Å². The molecule has 186 valence electrons. The largest absolute Gasteiger partial charge is 0.481 e. The van der Waals surface area contributed by atoms with Gasteiger partial charge in [-0.2, -0.15) is 0 Å². The van der Waals surface area contributed by atoms with E-state index in [-0.39, 0.29) is 18.9 Å². The molecule has 0 amide bonds. The standard InChI is InChI=1S/C24H49O6P/c1-6-11-14-21(8-3)18-28-31(27,29-19-22(9-4)15-12-7-2)30-20-23(10-5)16-13-17-24(25)26/h21-23H,6-20H2,1-5H3,(H,25,26). The minimum atomic E-state index is -3.65. The molecule has 3 atom stereocenters. The molecule has 3 unspecified atom stereocenters. The first-order chi connectivity index (χ1) is 14.8. The van der Waals surface area contributed by atoms with E-state index < -0.39 is 13.8 Å². The van der Waals surface area contributed by atoms with Gasteiger partial charge >= 0.3 is 13.8 Å². The van der Waals surface area contributed by atoms with Crippen LogP contribution in [0.1, 0.15) is 112 Å². The number of hydrogen-bond acceptors (Lipinski definition) is 5. The van der Waals surface area contributed by atoms with Gasteiger partial charge < -0.3 is 5.11 Å². The summed E-state index contributed by atoms with van der Waals surface area (Å²) in [5, 5.41) is 8.86. The molecule has 0 aliphatic carbocycles. The Morgan fingerprint density at radius 1 is 0.710 bits per heavy atom. The minimum Gasteiger partial charge on any atom is -0.481 e. The molecular weight excluding hydrogens is 415 g/mol. The molecule has 0 radical (unpaired) electrons. The molecule has 0 aromatic rings. The summed E-state index contributed by atoms with van der Waals surface area (Å²) in [6, 6.07) is 0. The Labute approximate surface area is 191 Å². The van der Waals surface area contributed by atoms with Gasteiger partial charge in [0.2, 0.25) is 0 Å². The number of aliphatic carboxylic acids is 1. The van der Waals surface area contributed by atoms with Gasteiger partial charge in [0.15, 0.2) is 0 Å². The van der Waals surface area contributed by atoms with E-state index in [2.05, 4.69) is 27.7 Å². The van der Waals surface area contributed by atoms with Gasteiger partial charge in [-0.15, -0.1) is 0 Å². The van der Waals surface area contributed by atoms with Crippen LogP contribution in [0.5, 0.6) is 0 Å². The lowest BCUT2D eigenvalue weighted by Crippen LogP contribution is -2.16. The normalized spacial score (nSPS) is 16.5. The molecule has 0 bridgehead atoms. The van der Waals surface area contributed by atoms with Gasteiger partial charge in [-0.1, -0.05) is 79.6 Å². The Kier molecular flexibility index (Phi) is 18.8. The van der Waals surface area contributed by atoms with Crippen molar-refractivity contribution < 1.29 is 28.0 Å². The number of rotatable bonds is 22. The van der Waals surface area contributed by atoms with E-state index in [0.717, 1.165) is 64.2 Å². The smallest absolute Gasteiger partial charge is 0.474 e. The SMILES string of the molecule is CCCCC(CC)COP(=O)(OCC(CC)CCCC)OCC(CC)CCCC(=O)O. The van der Waals surface area contributed by atoms with Crippen molar-refractivity contribution in [3.05, 3.63) is 0 Å². The number of phosphoric ester groups is 1. The maximum atomic E-state index is 13.4.